The highest BCUT2D eigenvalue weighted by molar-refractivity contribution is 6.32. The number of methoxy groups -OCH3 is 1. The standard InChI is InChI=1S/C18H15ClFN3O3/c1-3-26-16-8-12(6-14(19)17(16)25-2)10-22-23-18(24)13-5-4-11(9-21)7-15(13)20/h4-8,10H,3H2,1-2H3,(H,23,24)/b22-10-. The first-order valence-electron chi connectivity index (χ1n) is 7.53. The van der Waals surface area contributed by atoms with Crippen molar-refractivity contribution in [1.82, 2.24) is 5.43 Å². The number of nitriles is 1. The SMILES string of the molecule is CCOc1cc(/C=N\NC(=O)c2ccc(C#N)cc2F)cc(Cl)c1OC. The van der Waals surface area contributed by atoms with Crippen molar-refractivity contribution in [3.63, 3.8) is 0 Å². The van der Waals surface area contributed by atoms with Crippen LogP contribution in [0.1, 0.15) is 28.4 Å². The lowest BCUT2D eigenvalue weighted by Crippen LogP contribution is -2.19. The van der Waals surface area contributed by atoms with Crippen LogP contribution in [0.4, 0.5) is 4.39 Å². The lowest BCUT2D eigenvalue weighted by Gasteiger charge is -2.11. The molecule has 6 nitrogen and oxygen atoms in total. The fourth-order valence-corrected chi connectivity index (χ4v) is 2.41. The van der Waals surface area contributed by atoms with Gasteiger partial charge in [0.1, 0.15) is 5.82 Å². The smallest absolute Gasteiger partial charge is 0.274 e. The van der Waals surface area contributed by atoms with Crippen molar-refractivity contribution in [2.24, 2.45) is 5.10 Å². The van der Waals surface area contributed by atoms with E-state index in [2.05, 4.69) is 10.5 Å². The molecule has 0 bridgehead atoms. The number of nitrogens with zero attached hydrogens (tertiary/aromatic N) is 2. The Balaban J connectivity index is 2.15. The Kier molecular flexibility index (Phi) is 6.53. The van der Waals surface area contributed by atoms with Gasteiger partial charge in [0.2, 0.25) is 0 Å². The Morgan fingerprint density at radius 1 is 1.42 bits per heavy atom. The van der Waals surface area contributed by atoms with Crippen LogP contribution in [0.3, 0.4) is 0 Å². The molecule has 1 amide bonds. The summed E-state index contributed by atoms with van der Waals surface area (Å²) in [6.07, 6.45) is 1.34. The van der Waals surface area contributed by atoms with Crippen molar-refractivity contribution in [3.05, 3.63) is 57.9 Å². The van der Waals surface area contributed by atoms with Gasteiger partial charge in [-0.2, -0.15) is 10.4 Å². The molecule has 0 spiro atoms. The zero-order valence-electron chi connectivity index (χ0n) is 14.0. The predicted octanol–water partition coefficient (Wildman–Crippen LogP) is 3.52. The second-order valence-electron chi connectivity index (χ2n) is 4.97. The predicted molar refractivity (Wildman–Crippen MR) is 95.3 cm³/mol. The molecule has 0 radical (unpaired) electrons. The van der Waals surface area contributed by atoms with Gasteiger partial charge in [0.25, 0.3) is 5.91 Å². The van der Waals surface area contributed by atoms with Gasteiger partial charge in [-0.3, -0.25) is 4.79 Å². The second kappa shape index (κ2) is 8.83. The van der Waals surface area contributed by atoms with Gasteiger partial charge >= 0.3 is 0 Å². The largest absolute Gasteiger partial charge is 0.491 e. The van der Waals surface area contributed by atoms with Gasteiger partial charge in [-0.15, -0.1) is 0 Å². The Labute approximate surface area is 154 Å². The molecule has 134 valence electrons. The van der Waals surface area contributed by atoms with Crippen molar-refractivity contribution in [2.75, 3.05) is 13.7 Å². The van der Waals surface area contributed by atoms with E-state index in [9.17, 15) is 9.18 Å². The maximum atomic E-state index is 13.8. The molecule has 0 aliphatic carbocycles. The van der Waals surface area contributed by atoms with E-state index in [1.54, 1.807) is 18.2 Å². The summed E-state index contributed by atoms with van der Waals surface area (Å²) in [6, 6.07) is 8.57. The summed E-state index contributed by atoms with van der Waals surface area (Å²) < 4.78 is 24.4. The third-order valence-corrected chi connectivity index (χ3v) is 3.54. The van der Waals surface area contributed by atoms with Crippen molar-refractivity contribution in [2.45, 2.75) is 6.92 Å². The quantitative estimate of drug-likeness (QED) is 0.618. The molecule has 0 saturated carbocycles. The average Bonchev–Trinajstić information content (AvgIpc) is 2.61. The van der Waals surface area contributed by atoms with E-state index < -0.39 is 11.7 Å². The first-order chi connectivity index (χ1) is 12.5. The number of hydrazone groups is 1. The lowest BCUT2D eigenvalue weighted by molar-refractivity contribution is 0.0951. The van der Waals surface area contributed by atoms with Crippen LogP contribution in [0, 0.1) is 17.1 Å². The summed E-state index contributed by atoms with van der Waals surface area (Å²) in [5.41, 5.74) is 2.68. The fourth-order valence-electron chi connectivity index (χ4n) is 2.12. The topological polar surface area (TPSA) is 83.7 Å². The van der Waals surface area contributed by atoms with Crippen LogP contribution in [0.25, 0.3) is 0 Å². The molecule has 0 aliphatic heterocycles. The highest BCUT2D eigenvalue weighted by Crippen LogP contribution is 2.35. The number of ether oxygens (including phenoxy) is 2. The minimum absolute atomic E-state index is 0.124. The van der Waals surface area contributed by atoms with E-state index in [0.717, 1.165) is 6.07 Å². The van der Waals surface area contributed by atoms with Crippen LogP contribution >= 0.6 is 11.6 Å². The first kappa shape index (κ1) is 19.2. The lowest BCUT2D eigenvalue weighted by atomic mass is 10.1. The van der Waals surface area contributed by atoms with Crippen LogP contribution in [-0.2, 0) is 0 Å². The van der Waals surface area contributed by atoms with Gasteiger partial charge in [0.15, 0.2) is 11.5 Å². The number of hydrogen-bond acceptors (Lipinski definition) is 5. The molecule has 1 N–H and O–H groups in total. The monoisotopic (exact) mass is 375 g/mol. The third-order valence-electron chi connectivity index (χ3n) is 3.26. The minimum atomic E-state index is -0.803. The number of carbonyl (C=O) groups excluding carboxylic acids is 1. The van der Waals surface area contributed by atoms with Crippen LogP contribution in [0.2, 0.25) is 5.02 Å². The molecule has 2 aromatic rings. The zero-order valence-corrected chi connectivity index (χ0v) is 14.8. The molecule has 26 heavy (non-hydrogen) atoms. The summed E-state index contributed by atoms with van der Waals surface area (Å²) in [5, 5.41) is 12.8. The van der Waals surface area contributed by atoms with Crippen molar-refractivity contribution < 1.29 is 18.7 Å². The van der Waals surface area contributed by atoms with Crippen LogP contribution < -0.4 is 14.9 Å². The maximum Gasteiger partial charge on any atom is 0.274 e. The van der Waals surface area contributed by atoms with Crippen LogP contribution in [0.5, 0.6) is 11.5 Å². The highest BCUT2D eigenvalue weighted by Gasteiger charge is 2.12. The molecule has 2 rings (SSSR count). The van der Waals surface area contributed by atoms with E-state index in [1.165, 1.54) is 25.5 Å². The number of nitrogens with one attached hydrogen (secondary N) is 1. The summed E-state index contributed by atoms with van der Waals surface area (Å²) >= 11 is 6.13. The molecular formula is C18H15ClFN3O3. The first-order valence-corrected chi connectivity index (χ1v) is 7.91. The maximum absolute atomic E-state index is 13.8. The van der Waals surface area contributed by atoms with Gasteiger partial charge < -0.3 is 9.47 Å². The molecule has 0 heterocycles. The Hall–Kier alpha value is -3.11. The molecule has 2 aromatic carbocycles. The van der Waals surface area contributed by atoms with Crippen LogP contribution in [0.15, 0.2) is 35.4 Å². The normalized spacial score (nSPS) is 10.4. The highest BCUT2D eigenvalue weighted by atomic mass is 35.5. The van der Waals surface area contributed by atoms with Crippen molar-refractivity contribution in [3.8, 4) is 17.6 Å². The number of rotatable bonds is 6. The number of benzene rings is 2. The van der Waals surface area contributed by atoms with E-state index >= 15 is 0 Å². The molecule has 0 aliphatic rings. The van der Waals surface area contributed by atoms with Gasteiger partial charge in [0, 0.05) is 0 Å². The summed E-state index contributed by atoms with van der Waals surface area (Å²) in [6.45, 7) is 2.24. The Bertz CT molecular complexity index is 894. The van der Waals surface area contributed by atoms with E-state index in [4.69, 9.17) is 26.3 Å². The molecule has 8 heteroatoms. The minimum Gasteiger partial charge on any atom is -0.491 e. The number of halogens is 2. The number of carbonyl (C=O) groups is 1. The molecule has 0 fully saturated rings. The molecular weight excluding hydrogens is 361 g/mol. The molecule has 0 atom stereocenters. The van der Waals surface area contributed by atoms with E-state index in [0.29, 0.717) is 28.7 Å². The average molecular weight is 376 g/mol. The summed E-state index contributed by atoms with van der Waals surface area (Å²) in [4.78, 5) is 12.0. The second-order valence-corrected chi connectivity index (χ2v) is 5.38. The van der Waals surface area contributed by atoms with Gasteiger partial charge in [-0.25, -0.2) is 9.82 Å². The molecule has 0 saturated heterocycles. The fraction of sp³-hybridized carbons (Fsp3) is 0.167. The zero-order chi connectivity index (χ0) is 19.1. The Morgan fingerprint density at radius 2 is 2.19 bits per heavy atom. The van der Waals surface area contributed by atoms with E-state index in [-0.39, 0.29) is 11.1 Å². The molecule has 0 aromatic heterocycles. The Morgan fingerprint density at radius 3 is 2.81 bits per heavy atom. The summed E-state index contributed by atoms with van der Waals surface area (Å²) in [7, 11) is 1.48. The van der Waals surface area contributed by atoms with Gasteiger partial charge in [0.05, 0.1) is 42.2 Å². The number of hydrogen-bond donors (Lipinski definition) is 1. The van der Waals surface area contributed by atoms with Gasteiger partial charge in [-0.1, -0.05) is 11.6 Å². The number of amides is 1. The third kappa shape index (κ3) is 4.49. The van der Waals surface area contributed by atoms with Crippen molar-refractivity contribution in [1.29, 1.82) is 5.26 Å². The van der Waals surface area contributed by atoms with Crippen LogP contribution in [-0.4, -0.2) is 25.8 Å². The summed E-state index contributed by atoms with van der Waals surface area (Å²) in [5.74, 6) is -0.710. The van der Waals surface area contributed by atoms with Gasteiger partial charge in [-0.05, 0) is 42.8 Å². The van der Waals surface area contributed by atoms with E-state index in [1.807, 2.05) is 6.92 Å². The molecule has 0 unspecified atom stereocenters. The van der Waals surface area contributed by atoms with Crippen molar-refractivity contribution >= 4 is 23.7 Å².